The molecular weight excluding hydrogens is 290 g/mol. The van der Waals surface area contributed by atoms with Crippen LogP contribution in [0.4, 0.5) is 0 Å². The molecule has 0 saturated carbocycles. The third-order valence-corrected chi connectivity index (χ3v) is 3.76. The number of benzene rings is 2. The van der Waals surface area contributed by atoms with E-state index in [0.717, 1.165) is 16.6 Å². The number of aromatic amines is 1. The summed E-state index contributed by atoms with van der Waals surface area (Å²) < 4.78 is 2.42. The Morgan fingerprint density at radius 1 is 1.25 bits per heavy atom. The van der Waals surface area contributed by atoms with Crippen molar-refractivity contribution in [3.63, 3.8) is 0 Å². The Hall–Kier alpha value is -2.09. The summed E-state index contributed by atoms with van der Waals surface area (Å²) in [4.78, 5) is 3.15. The second-order valence-electron chi connectivity index (χ2n) is 4.56. The summed E-state index contributed by atoms with van der Waals surface area (Å²) >= 11 is 11.6. The summed E-state index contributed by atoms with van der Waals surface area (Å²) in [6.07, 6.45) is 0. The summed E-state index contributed by atoms with van der Waals surface area (Å²) in [5.41, 5.74) is 4.29. The fourth-order valence-electron chi connectivity index (χ4n) is 2.21. The molecule has 0 bridgehead atoms. The molecule has 1 aromatic heterocycles. The molecule has 5 heteroatoms. The van der Waals surface area contributed by atoms with Crippen molar-refractivity contribution in [2.24, 2.45) is 0 Å². The molecule has 1 heterocycles. The number of halogens is 1. The second kappa shape index (κ2) is 4.78. The topological polar surface area (TPSA) is 44.5 Å². The van der Waals surface area contributed by atoms with Crippen molar-refractivity contribution >= 4 is 34.9 Å². The lowest BCUT2D eigenvalue weighted by molar-refractivity contribution is 1.06. The van der Waals surface area contributed by atoms with Crippen LogP contribution in [0.5, 0.6) is 0 Å². The molecule has 0 aliphatic heterocycles. The van der Waals surface area contributed by atoms with Gasteiger partial charge in [0.1, 0.15) is 0 Å². The maximum absolute atomic E-state index is 9.04. The van der Waals surface area contributed by atoms with Gasteiger partial charge in [0, 0.05) is 0 Å². The highest BCUT2D eigenvalue weighted by atomic mass is 35.5. The Balaban J connectivity index is 2.40. The van der Waals surface area contributed by atoms with E-state index in [1.54, 1.807) is 18.2 Å². The maximum Gasteiger partial charge on any atom is 0.182 e. The predicted molar refractivity (Wildman–Crippen MR) is 82.9 cm³/mol. The number of nitrogens with zero attached hydrogens (tertiary/aromatic N) is 2. The molecule has 0 atom stereocenters. The van der Waals surface area contributed by atoms with E-state index in [9.17, 15) is 0 Å². The highest BCUT2D eigenvalue weighted by Crippen LogP contribution is 2.27. The van der Waals surface area contributed by atoms with Crippen molar-refractivity contribution in [2.45, 2.75) is 6.92 Å². The third-order valence-electron chi connectivity index (χ3n) is 3.15. The quantitative estimate of drug-likeness (QED) is 0.671. The average molecular weight is 300 g/mol. The molecule has 1 N–H and O–H groups in total. The monoisotopic (exact) mass is 299 g/mol. The molecule has 0 amide bonds. The number of H-pyrrole nitrogens is 1. The molecule has 0 unspecified atom stereocenters. The number of imidazole rings is 1. The first-order chi connectivity index (χ1) is 9.60. The number of hydrogen-bond donors (Lipinski definition) is 1. The lowest BCUT2D eigenvalue weighted by Crippen LogP contribution is -1.96. The lowest BCUT2D eigenvalue weighted by atomic mass is 10.2. The Labute approximate surface area is 126 Å². The first-order valence-electron chi connectivity index (χ1n) is 6.01. The van der Waals surface area contributed by atoms with Crippen LogP contribution in [0.2, 0.25) is 5.02 Å². The molecule has 0 saturated heterocycles. The van der Waals surface area contributed by atoms with Gasteiger partial charge in [-0.1, -0.05) is 17.7 Å². The van der Waals surface area contributed by atoms with Gasteiger partial charge in [0.15, 0.2) is 4.77 Å². The zero-order valence-electron chi connectivity index (χ0n) is 10.6. The van der Waals surface area contributed by atoms with Crippen LogP contribution in [0.25, 0.3) is 16.7 Å². The van der Waals surface area contributed by atoms with Crippen LogP contribution in [0.15, 0.2) is 36.4 Å². The molecule has 3 rings (SSSR count). The van der Waals surface area contributed by atoms with Crippen LogP contribution in [-0.4, -0.2) is 9.55 Å². The van der Waals surface area contributed by atoms with E-state index in [-0.39, 0.29) is 0 Å². The molecule has 0 aliphatic carbocycles. The van der Waals surface area contributed by atoms with Crippen molar-refractivity contribution < 1.29 is 0 Å². The van der Waals surface area contributed by atoms with E-state index in [2.05, 4.69) is 11.1 Å². The zero-order valence-corrected chi connectivity index (χ0v) is 12.2. The zero-order chi connectivity index (χ0) is 14.3. The Bertz CT molecular complexity index is 915. The molecule has 3 nitrogen and oxygen atoms in total. The van der Waals surface area contributed by atoms with E-state index in [1.807, 2.05) is 29.7 Å². The Kier molecular flexibility index (Phi) is 3.09. The number of nitriles is 1. The van der Waals surface area contributed by atoms with Crippen molar-refractivity contribution in [1.82, 2.24) is 9.55 Å². The summed E-state index contributed by atoms with van der Waals surface area (Å²) in [6, 6.07) is 13.3. The number of hydrogen-bond acceptors (Lipinski definition) is 2. The van der Waals surface area contributed by atoms with Gasteiger partial charge in [-0.2, -0.15) is 5.26 Å². The van der Waals surface area contributed by atoms with Crippen LogP contribution < -0.4 is 0 Å². The molecule has 3 aromatic rings. The van der Waals surface area contributed by atoms with Crippen LogP contribution in [0.3, 0.4) is 0 Å². The van der Waals surface area contributed by atoms with E-state index >= 15 is 0 Å². The highest BCUT2D eigenvalue weighted by molar-refractivity contribution is 7.71. The van der Waals surface area contributed by atoms with Gasteiger partial charge in [-0.3, -0.25) is 4.57 Å². The van der Waals surface area contributed by atoms with E-state index in [0.29, 0.717) is 21.0 Å². The standard InChI is InChI=1S/C15H10ClN3S/c1-9-2-5-12-14(6-9)19(15(20)18-12)13-7-10(8-17)3-4-11(13)16/h2-7H,1H3,(H,18,20). The summed E-state index contributed by atoms with van der Waals surface area (Å²) in [5.74, 6) is 0. The third kappa shape index (κ3) is 2.01. The number of rotatable bonds is 1. The number of aromatic nitrogens is 2. The normalized spacial score (nSPS) is 10.7. The fourth-order valence-corrected chi connectivity index (χ4v) is 2.71. The van der Waals surface area contributed by atoms with Crippen LogP contribution in [0.1, 0.15) is 11.1 Å². The SMILES string of the molecule is Cc1ccc2[nH]c(=S)n(-c3cc(C#N)ccc3Cl)c2c1. The average Bonchev–Trinajstić information content (AvgIpc) is 2.75. The molecule has 2 aromatic carbocycles. The minimum Gasteiger partial charge on any atom is -0.330 e. The van der Waals surface area contributed by atoms with Gasteiger partial charge in [-0.05, 0) is 55.0 Å². The minimum absolute atomic E-state index is 0.549. The Morgan fingerprint density at radius 3 is 2.80 bits per heavy atom. The van der Waals surface area contributed by atoms with Crippen LogP contribution in [0, 0.1) is 23.0 Å². The van der Waals surface area contributed by atoms with Gasteiger partial charge in [0.05, 0.1) is 33.4 Å². The number of aryl methyl sites for hydroxylation is 1. The Morgan fingerprint density at radius 2 is 2.05 bits per heavy atom. The number of fused-ring (bicyclic) bond motifs is 1. The highest BCUT2D eigenvalue weighted by Gasteiger charge is 2.10. The molecular formula is C15H10ClN3S. The molecule has 98 valence electrons. The van der Waals surface area contributed by atoms with Gasteiger partial charge >= 0.3 is 0 Å². The van der Waals surface area contributed by atoms with E-state index in [4.69, 9.17) is 29.1 Å². The lowest BCUT2D eigenvalue weighted by Gasteiger charge is -2.08. The van der Waals surface area contributed by atoms with Crippen molar-refractivity contribution in [1.29, 1.82) is 5.26 Å². The smallest absolute Gasteiger partial charge is 0.182 e. The molecule has 0 spiro atoms. The molecule has 0 radical (unpaired) electrons. The predicted octanol–water partition coefficient (Wildman–Crippen LogP) is 4.52. The first-order valence-corrected chi connectivity index (χ1v) is 6.80. The van der Waals surface area contributed by atoms with Gasteiger partial charge in [-0.25, -0.2) is 0 Å². The second-order valence-corrected chi connectivity index (χ2v) is 5.36. The minimum atomic E-state index is 0.549. The van der Waals surface area contributed by atoms with Crippen LogP contribution >= 0.6 is 23.8 Å². The van der Waals surface area contributed by atoms with E-state index < -0.39 is 0 Å². The van der Waals surface area contributed by atoms with Gasteiger partial charge < -0.3 is 4.98 Å². The molecule has 0 aliphatic rings. The first kappa shape index (κ1) is 12.9. The van der Waals surface area contributed by atoms with Gasteiger partial charge in [-0.15, -0.1) is 0 Å². The van der Waals surface area contributed by atoms with Gasteiger partial charge in [0.25, 0.3) is 0 Å². The van der Waals surface area contributed by atoms with Crippen molar-refractivity contribution in [3.8, 4) is 11.8 Å². The molecule has 0 fully saturated rings. The summed E-state index contributed by atoms with van der Waals surface area (Å²) in [5, 5.41) is 9.60. The van der Waals surface area contributed by atoms with Gasteiger partial charge in [0.2, 0.25) is 0 Å². The fraction of sp³-hybridized carbons (Fsp3) is 0.0667. The van der Waals surface area contributed by atoms with Crippen LogP contribution in [-0.2, 0) is 0 Å². The number of nitrogens with one attached hydrogen (secondary N) is 1. The van der Waals surface area contributed by atoms with Crippen molar-refractivity contribution in [3.05, 3.63) is 57.3 Å². The summed E-state index contributed by atoms with van der Waals surface area (Å²) in [7, 11) is 0. The largest absolute Gasteiger partial charge is 0.330 e. The van der Waals surface area contributed by atoms with E-state index in [1.165, 1.54) is 0 Å². The maximum atomic E-state index is 9.04. The molecule has 20 heavy (non-hydrogen) atoms. The summed E-state index contributed by atoms with van der Waals surface area (Å²) in [6.45, 7) is 2.02. The van der Waals surface area contributed by atoms with Crippen molar-refractivity contribution in [2.75, 3.05) is 0 Å².